The van der Waals surface area contributed by atoms with Crippen LogP contribution in [0.4, 0.5) is 0 Å². The fourth-order valence-electron chi connectivity index (χ4n) is 2.63. The van der Waals surface area contributed by atoms with E-state index in [0.717, 1.165) is 17.7 Å². The summed E-state index contributed by atoms with van der Waals surface area (Å²) in [6.45, 7) is 6.06. The van der Waals surface area contributed by atoms with Crippen molar-refractivity contribution >= 4 is 5.91 Å². The van der Waals surface area contributed by atoms with Gasteiger partial charge in [-0.2, -0.15) is 0 Å². The number of methoxy groups -OCH3 is 1. The number of amides is 1. The molecule has 0 spiro atoms. The van der Waals surface area contributed by atoms with Crippen LogP contribution in [0.2, 0.25) is 0 Å². The molecule has 2 aromatic rings. The first kappa shape index (κ1) is 18.8. The molecular weight excluding hydrogens is 314 g/mol. The number of hydrogen-bond donors (Lipinski definition) is 1. The Morgan fingerprint density at radius 1 is 0.960 bits per heavy atom. The lowest BCUT2D eigenvalue weighted by Crippen LogP contribution is -2.39. The number of carbonyl (C=O) groups is 1. The molecule has 4 nitrogen and oxygen atoms in total. The van der Waals surface area contributed by atoms with Crippen LogP contribution < -0.4 is 14.8 Å². The Morgan fingerprint density at radius 2 is 1.60 bits per heavy atom. The molecule has 134 valence electrons. The smallest absolute Gasteiger partial charge is 0.261 e. The molecule has 0 aliphatic heterocycles. The Kier molecular flexibility index (Phi) is 6.87. The van der Waals surface area contributed by atoms with Crippen molar-refractivity contribution < 1.29 is 14.3 Å². The number of rotatable bonds is 8. The molecule has 0 aliphatic rings. The Hall–Kier alpha value is -2.49. The second-order valence-corrected chi connectivity index (χ2v) is 6.54. The van der Waals surface area contributed by atoms with Crippen molar-refractivity contribution in [1.29, 1.82) is 0 Å². The van der Waals surface area contributed by atoms with Crippen molar-refractivity contribution in [1.82, 2.24) is 5.32 Å². The van der Waals surface area contributed by atoms with Crippen LogP contribution in [-0.4, -0.2) is 19.1 Å². The van der Waals surface area contributed by atoms with E-state index in [0.29, 0.717) is 11.7 Å². The predicted octanol–water partition coefficient (Wildman–Crippen LogP) is 4.37. The fraction of sp³-hybridized carbons (Fsp3) is 0.381. The molecule has 0 unspecified atom stereocenters. The van der Waals surface area contributed by atoms with Gasteiger partial charge in [0.1, 0.15) is 11.5 Å². The first-order chi connectivity index (χ1) is 12.0. The third-order valence-electron chi connectivity index (χ3n) is 3.97. The molecule has 2 atom stereocenters. The lowest BCUT2D eigenvalue weighted by Gasteiger charge is -2.23. The van der Waals surface area contributed by atoms with Gasteiger partial charge in [0.25, 0.3) is 5.91 Å². The van der Waals surface area contributed by atoms with Gasteiger partial charge in [-0.3, -0.25) is 4.79 Å². The summed E-state index contributed by atoms with van der Waals surface area (Å²) in [5.41, 5.74) is 1.06. The van der Waals surface area contributed by atoms with Crippen LogP contribution in [0.1, 0.15) is 38.8 Å². The lowest BCUT2D eigenvalue weighted by molar-refractivity contribution is -0.128. The van der Waals surface area contributed by atoms with Gasteiger partial charge in [0, 0.05) is 0 Å². The van der Waals surface area contributed by atoms with Crippen molar-refractivity contribution in [2.75, 3.05) is 7.11 Å². The molecule has 0 heterocycles. The van der Waals surface area contributed by atoms with Gasteiger partial charge in [-0.25, -0.2) is 0 Å². The van der Waals surface area contributed by atoms with Crippen LogP contribution in [0.3, 0.4) is 0 Å². The van der Waals surface area contributed by atoms with E-state index in [9.17, 15) is 4.79 Å². The van der Waals surface area contributed by atoms with Crippen molar-refractivity contribution in [2.24, 2.45) is 5.92 Å². The van der Waals surface area contributed by atoms with E-state index in [1.54, 1.807) is 14.0 Å². The topological polar surface area (TPSA) is 47.6 Å². The minimum absolute atomic E-state index is 0.0553. The van der Waals surface area contributed by atoms with E-state index in [2.05, 4.69) is 19.2 Å². The normalized spacial score (nSPS) is 13.2. The highest BCUT2D eigenvalue weighted by atomic mass is 16.5. The van der Waals surface area contributed by atoms with Crippen molar-refractivity contribution in [3.63, 3.8) is 0 Å². The predicted molar refractivity (Wildman–Crippen MR) is 99.9 cm³/mol. The van der Waals surface area contributed by atoms with Crippen molar-refractivity contribution in [3.8, 4) is 11.5 Å². The van der Waals surface area contributed by atoms with Crippen LogP contribution in [-0.2, 0) is 4.79 Å². The molecule has 0 saturated heterocycles. The van der Waals surface area contributed by atoms with Crippen molar-refractivity contribution in [3.05, 3.63) is 60.2 Å². The Bertz CT molecular complexity index is 653. The summed E-state index contributed by atoms with van der Waals surface area (Å²) in [6, 6.07) is 17.1. The van der Waals surface area contributed by atoms with Crippen LogP contribution >= 0.6 is 0 Å². The van der Waals surface area contributed by atoms with Crippen LogP contribution in [0.5, 0.6) is 11.5 Å². The monoisotopic (exact) mass is 341 g/mol. The van der Waals surface area contributed by atoms with Gasteiger partial charge in [0.05, 0.1) is 13.2 Å². The van der Waals surface area contributed by atoms with E-state index < -0.39 is 6.10 Å². The second-order valence-electron chi connectivity index (χ2n) is 6.54. The molecule has 1 amide bonds. The first-order valence-corrected chi connectivity index (χ1v) is 8.65. The molecular formula is C21H27NO3. The van der Waals surface area contributed by atoms with Crippen molar-refractivity contribution in [2.45, 2.75) is 39.3 Å². The van der Waals surface area contributed by atoms with Gasteiger partial charge < -0.3 is 14.8 Å². The van der Waals surface area contributed by atoms with E-state index in [1.807, 2.05) is 54.6 Å². The van der Waals surface area contributed by atoms with Crippen LogP contribution in [0, 0.1) is 5.92 Å². The molecule has 0 bridgehead atoms. The summed E-state index contributed by atoms with van der Waals surface area (Å²) in [6.07, 6.45) is 0.297. The number of para-hydroxylation sites is 1. The Labute approximate surface area is 150 Å². The zero-order valence-electron chi connectivity index (χ0n) is 15.4. The third kappa shape index (κ3) is 5.82. The summed E-state index contributed by atoms with van der Waals surface area (Å²) in [7, 11) is 1.64. The maximum absolute atomic E-state index is 12.6. The second kappa shape index (κ2) is 9.11. The summed E-state index contributed by atoms with van der Waals surface area (Å²) >= 11 is 0. The average molecular weight is 341 g/mol. The number of hydrogen-bond acceptors (Lipinski definition) is 3. The molecule has 0 radical (unpaired) electrons. The quantitative estimate of drug-likeness (QED) is 0.776. The molecule has 0 fully saturated rings. The lowest BCUT2D eigenvalue weighted by atomic mass is 9.96. The maximum atomic E-state index is 12.6. The summed E-state index contributed by atoms with van der Waals surface area (Å²) in [5, 5.41) is 3.12. The average Bonchev–Trinajstić information content (AvgIpc) is 2.61. The first-order valence-electron chi connectivity index (χ1n) is 8.65. The molecule has 25 heavy (non-hydrogen) atoms. The fourth-order valence-corrected chi connectivity index (χ4v) is 2.63. The zero-order chi connectivity index (χ0) is 18.2. The molecule has 4 heteroatoms. The third-order valence-corrected chi connectivity index (χ3v) is 3.97. The standard InChI is InChI=1S/C21H27NO3/c1-15(2)14-20(17-10-12-18(24-4)13-11-17)22-21(23)16(3)25-19-8-6-5-7-9-19/h5-13,15-16,20H,14H2,1-4H3,(H,22,23)/t16-,20-/m1/s1. The molecule has 0 aromatic heterocycles. The van der Waals surface area contributed by atoms with E-state index in [-0.39, 0.29) is 11.9 Å². The number of benzene rings is 2. The Morgan fingerprint density at radius 3 is 2.16 bits per heavy atom. The highest BCUT2D eigenvalue weighted by Crippen LogP contribution is 2.24. The molecule has 1 N–H and O–H groups in total. The number of ether oxygens (including phenoxy) is 2. The van der Waals surface area contributed by atoms with Gasteiger partial charge in [-0.15, -0.1) is 0 Å². The van der Waals surface area contributed by atoms with Gasteiger partial charge >= 0.3 is 0 Å². The van der Waals surface area contributed by atoms with E-state index >= 15 is 0 Å². The SMILES string of the molecule is COc1ccc([C@@H](CC(C)C)NC(=O)[C@@H](C)Oc2ccccc2)cc1. The minimum atomic E-state index is -0.560. The van der Waals surface area contributed by atoms with E-state index in [1.165, 1.54) is 0 Å². The van der Waals surface area contributed by atoms with Gasteiger partial charge in [-0.05, 0) is 49.1 Å². The Balaban J connectivity index is 2.05. The highest BCUT2D eigenvalue weighted by Gasteiger charge is 2.21. The summed E-state index contributed by atoms with van der Waals surface area (Å²) in [4.78, 5) is 12.6. The maximum Gasteiger partial charge on any atom is 0.261 e. The van der Waals surface area contributed by atoms with Gasteiger partial charge in [-0.1, -0.05) is 44.2 Å². The molecule has 0 aliphatic carbocycles. The summed E-state index contributed by atoms with van der Waals surface area (Å²) < 4.78 is 10.9. The minimum Gasteiger partial charge on any atom is -0.497 e. The largest absolute Gasteiger partial charge is 0.497 e. The molecule has 2 rings (SSSR count). The van der Waals surface area contributed by atoms with Crippen LogP contribution in [0.15, 0.2) is 54.6 Å². The number of nitrogens with one attached hydrogen (secondary N) is 1. The highest BCUT2D eigenvalue weighted by molar-refractivity contribution is 5.81. The van der Waals surface area contributed by atoms with Gasteiger partial charge in [0.15, 0.2) is 6.10 Å². The molecule has 2 aromatic carbocycles. The zero-order valence-corrected chi connectivity index (χ0v) is 15.4. The number of carbonyl (C=O) groups excluding carboxylic acids is 1. The van der Waals surface area contributed by atoms with Gasteiger partial charge in [0.2, 0.25) is 0 Å². The summed E-state index contributed by atoms with van der Waals surface area (Å²) in [5.74, 6) is 1.83. The van der Waals surface area contributed by atoms with E-state index in [4.69, 9.17) is 9.47 Å². The molecule has 0 saturated carbocycles. The van der Waals surface area contributed by atoms with Crippen LogP contribution in [0.25, 0.3) is 0 Å².